The number of imide groups is 1. The van der Waals surface area contributed by atoms with E-state index >= 15 is 0 Å². The Morgan fingerprint density at radius 1 is 1.10 bits per heavy atom. The van der Waals surface area contributed by atoms with Gasteiger partial charge in [-0.15, -0.1) is 0 Å². The Hall–Kier alpha value is -2.00. The molecule has 0 aliphatic carbocycles. The molecular formula is C22H22INO4S. The number of benzene rings is 2. The minimum Gasteiger partial charge on any atom is -0.490 e. The van der Waals surface area contributed by atoms with Gasteiger partial charge >= 0.3 is 0 Å². The topological polar surface area (TPSA) is 55.8 Å². The number of hydrogen-bond donors (Lipinski definition) is 0. The quantitative estimate of drug-likeness (QED) is 0.344. The highest BCUT2D eigenvalue weighted by Gasteiger charge is 2.35. The molecule has 1 saturated heterocycles. The first kappa shape index (κ1) is 21.7. The van der Waals surface area contributed by atoms with Gasteiger partial charge in [0.25, 0.3) is 11.1 Å². The van der Waals surface area contributed by atoms with Gasteiger partial charge in [-0.25, -0.2) is 0 Å². The number of nitrogens with zero attached hydrogens (tertiary/aromatic N) is 1. The summed E-state index contributed by atoms with van der Waals surface area (Å²) in [5, 5.41) is -0.260. The van der Waals surface area contributed by atoms with E-state index in [1.54, 1.807) is 6.08 Å². The molecule has 1 heterocycles. The van der Waals surface area contributed by atoms with Crippen molar-refractivity contribution in [3.8, 4) is 11.5 Å². The van der Waals surface area contributed by atoms with Crippen LogP contribution in [0.1, 0.15) is 31.9 Å². The van der Waals surface area contributed by atoms with E-state index in [0.717, 1.165) is 26.5 Å². The molecule has 2 aromatic rings. The van der Waals surface area contributed by atoms with Gasteiger partial charge in [0.1, 0.15) is 0 Å². The average Bonchev–Trinajstić information content (AvgIpc) is 2.93. The van der Waals surface area contributed by atoms with Gasteiger partial charge in [-0.1, -0.05) is 18.2 Å². The molecule has 0 bridgehead atoms. The predicted molar refractivity (Wildman–Crippen MR) is 124 cm³/mol. The summed E-state index contributed by atoms with van der Waals surface area (Å²) < 4.78 is 12.6. The number of ether oxygens (including phenoxy) is 2. The highest BCUT2D eigenvalue weighted by atomic mass is 127. The van der Waals surface area contributed by atoms with Crippen LogP contribution in [0, 0.1) is 3.57 Å². The van der Waals surface area contributed by atoms with Crippen LogP contribution in [-0.2, 0) is 11.3 Å². The zero-order valence-corrected chi connectivity index (χ0v) is 19.5. The molecule has 0 spiro atoms. The third-order valence-electron chi connectivity index (χ3n) is 4.06. The molecule has 0 atom stereocenters. The van der Waals surface area contributed by atoms with Crippen LogP contribution < -0.4 is 9.47 Å². The van der Waals surface area contributed by atoms with Gasteiger partial charge in [0, 0.05) is 3.57 Å². The van der Waals surface area contributed by atoms with Crippen molar-refractivity contribution in [2.75, 3.05) is 6.61 Å². The normalized spacial score (nSPS) is 15.5. The van der Waals surface area contributed by atoms with Gasteiger partial charge < -0.3 is 9.47 Å². The lowest BCUT2D eigenvalue weighted by molar-refractivity contribution is -0.123. The number of carbonyl (C=O) groups is 2. The molecule has 0 radical (unpaired) electrons. The number of halogens is 1. The Balaban J connectivity index is 1.81. The van der Waals surface area contributed by atoms with E-state index in [-0.39, 0.29) is 23.8 Å². The van der Waals surface area contributed by atoms with Crippen molar-refractivity contribution in [3.05, 3.63) is 62.1 Å². The maximum atomic E-state index is 12.8. The van der Waals surface area contributed by atoms with E-state index in [4.69, 9.17) is 9.47 Å². The molecule has 0 aromatic heterocycles. The van der Waals surface area contributed by atoms with Gasteiger partial charge in [0.15, 0.2) is 11.5 Å². The largest absolute Gasteiger partial charge is 0.490 e. The maximum Gasteiger partial charge on any atom is 0.293 e. The van der Waals surface area contributed by atoms with Crippen molar-refractivity contribution >= 4 is 51.6 Å². The summed E-state index contributed by atoms with van der Waals surface area (Å²) in [7, 11) is 0. The Morgan fingerprint density at radius 3 is 2.48 bits per heavy atom. The summed E-state index contributed by atoms with van der Waals surface area (Å²) in [5.41, 5.74) is 1.70. The molecule has 1 aliphatic rings. The molecular weight excluding hydrogens is 501 g/mol. The minimum absolute atomic E-state index is 0.0258. The molecule has 2 amide bonds. The van der Waals surface area contributed by atoms with Crippen LogP contribution in [0.2, 0.25) is 0 Å². The monoisotopic (exact) mass is 523 g/mol. The molecule has 0 saturated carbocycles. The minimum atomic E-state index is -0.279. The van der Waals surface area contributed by atoms with Gasteiger partial charge in [-0.05, 0) is 96.6 Å². The van der Waals surface area contributed by atoms with E-state index in [9.17, 15) is 9.59 Å². The maximum absolute atomic E-state index is 12.8. The first-order valence-corrected chi connectivity index (χ1v) is 11.2. The molecule has 7 heteroatoms. The lowest BCUT2D eigenvalue weighted by Crippen LogP contribution is -2.27. The fourth-order valence-electron chi connectivity index (χ4n) is 2.79. The van der Waals surface area contributed by atoms with Crippen LogP contribution in [0.3, 0.4) is 0 Å². The van der Waals surface area contributed by atoms with E-state index in [1.165, 1.54) is 4.90 Å². The first-order valence-electron chi connectivity index (χ1n) is 9.30. The van der Waals surface area contributed by atoms with Crippen LogP contribution in [0.25, 0.3) is 6.08 Å². The predicted octanol–water partition coefficient (Wildman–Crippen LogP) is 5.71. The molecule has 1 fully saturated rings. The van der Waals surface area contributed by atoms with Crippen LogP contribution in [0.15, 0.2) is 47.4 Å². The highest BCUT2D eigenvalue weighted by Crippen LogP contribution is 2.35. The second-order valence-electron chi connectivity index (χ2n) is 6.70. The summed E-state index contributed by atoms with van der Waals surface area (Å²) >= 11 is 3.18. The molecule has 5 nitrogen and oxygen atoms in total. The second-order valence-corrected chi connectivity index (χ2v) is 8.94. The highest BCUT2D eigenvalue weighted by molar-refractivity contribution is 14.1. The number of thioether (sulfide) groups is 1. The number of hydrogen-bond acceptors (Lipinski definition) is 5. The molecule has 152 valence electrons. The fourth-order valence-corrected chi connectivity index (χ4v) is 3.99. The van der Waals surface area contributed by atoms with E-state index in [1.807, 2.05) is 63.2 Å². The fraction of sp³-hybridized carbons (Fsp3) is 0.273. The van der Waals surface area contributed by atoms with Crippen molar-refractivity contribution in [1.82, 2.24) is 4.90 Å². The zero-order chi connectivity index (χ0) is 21.0. The van der Waals surface area contributed by atoms with Crippen molar-refractivity contribution in [2.45, 2.75) is 33.4 Å². The number of amides is 2. The van der Waals surface area contributed by atoms with Gasteiger partial charge in [0.05, 0.1) is 24.2 Å². The molecule has 29 heavy (non-hydrogen) atoms. The smallest absolute Gasteiger partial charge is 0.293 e. The molecule has 2 aromatic carbocycles. The summed E-state index contributed by atoms with van der Waals surface area (Å²) in [6.45, 7) is 6.58. The molecule has 0 unspecified atom stereocenters. The summed E-state index contributed by atoms with van der Waals surface area (Å²) in [5.74, 6) is 0.998. The van der Waals surface area contributed by atoms with Gasteiger partial charge in [-0.2, -0.15) is 0 Å². The molecule has 0 N–H and O–H groups in total. The second kappa shape index (κ2) is 9.67. The van der Waals surface area contributed by atoms with E-state index in [2.05, 4.69) is 22.6 Å². The zero-order valence-electron chi connectivity index (χ0n) is 16.5. The number of carbonyl (C=O) groups excluding carboxylic acids is 2. The first-order chi connectivity index (χ1) is 13.9. The summed E-state index contributed by atoms with van der Waals surface area (Å²) in [4.78, 5) is 26.8. The Labute approximate surface area is 188 Å². The Bertz CT molecular complexity index is 940. The van der Waals surface area contributed by atoms with E-state index < -0.39 is 0 Å². The van der Waals surface area contributed by atoms with E-state index in [0.29, 0.717) is 23.0 Å². The van der Waals surface area contributed by atoms with Crippen molar-refractivity contribution in [1.29, 1.82) is 0 Å². The number of rotatable bonds is 7. The van der Waals surface area contributed by atoms with Crippen molar-refractivity contribution in [3.63, 3.8) is 0 Å². The molecule has 3 rings (SSSR count). The lowest BCUT2D eigenvalue weighted by atomic mass is 10.1. The van der Waals surface area contributed by atoms with Gasteiger partial charge in [-0.3, -0.25) is 14.5 Å². The van der Waals surface area contributed by atoms with Crippen LogP contribution >= 0.6 is 34.4 Å². The van der Waals surface area contributed by atoms with Crippen LogP contribution in [0.4, 0.5) is 4.79 Å². The standard InChI is InChI=1S/C22H22INO4S/c1-4-27-19-11-16(7-10-18(19)28-14(2)3)12-20-21(25)24(22(26)29-20)13-15-5-8-17(23)9-6-15/h5-12,14H,4,13H2,1-3H3/b20-12-. The van der Waals surface area contributed by atoms with Crippen molar-refractivity contribution in [2.24, 2.45) is 0 Å². The SMILES string of the molecule is CCOc1cc(/C=C2\SC(=O)N(Cc3ccc(I)cc3)C2=O)ccc1OC(C)C. The van der Waals surface area contributed by atoms with Crippen molar-refractivity contribution < 1.29 is 19.1 Å². The molecule has 1 aliphatic heterocycles. The average molecular weight is 523 g/mol. The Morgan fingerprint density at radius 2 is 1.83 bits per heavy atom. The van der Waals surface area contributed by atoms with Crippen LogP contribution in [-0.4, -0.2) is 28.8 Å². The van der Waals surface area contributed by atoms with Gasteiger partial charge in [0.2, 0.25) is 0 Å². The summed E-state index contributed by atoms with van der Waals surface area (Å²) in [6, 6.07) is 13.3. The third kappa shape index (κ3) is 5.54. The Kier molecular flexibility index (Phi) is 7.23. The van der Waals surface area contributed by atoms with Crippen LogP contribution in [0.5, 0.6) is 11.5 Å². The summed E-state index contributed by atoms with van der Waals surface area (Å²) in [6.07, 6.45) is 1.75. The third-order valence-corrected chi connectivity index (χ3v) is 5.68. The lowest BCUT2D eigenvalue weighted by Gasteiger charge is -2.15.